The number of carbonyl (C=O) groups excluding carboxylic acids is 1. The summed E-state index contributed by atoms with van der Waals surface area (Å²) >= 11 is 0. The Hall–Kier alpha value is -3.12. The summed E-state index contributed by atoms with van der Waals surface area (Å²) in [6.45, 7) is 1.08. The van der Waals surface area contributed by atoms with E-state index in [2.05, 4.69) is 26.2 Å². The van der Waals surface area contributed by atoms with E-state index in [9.17, 15) is 4.79 Å². The van der Waals surface area contributed by atoms with Gasteiger partial charge >= 0.3 is 5.97 Å². The van der Waals surface area contributed by atoms with E-state index in [0.29, 0.717) is 17.9 Å². The third-order valence-electron chi connectivity index (χ3n) is 4.31. The molecule has 1 aromatic heterocycles. The van der Waals surface area contributed by atoms with Crippen LogP contribution in [0, 0.1) is 0 Å². The minimum Gasteiger partial charge on any atom is -0.497 e. The van der Waals surface area contributed by atoms with E-state index < -0.39 is 0 Å². The highest BCUT2D eigenvalue weighted by atomic mass is 16.5. The lowest BCUT2D eigenvalue weighted by Gasteiger charge is -2.23. The maximum absolute atomic E-state index is 12.8. The number of nitrogens with zero attached hydrogens (tertiary/aromatic N) is 3. The van der Waals surface area contributed by atoms with Crippen molar-refractivity contribution in [1.29, 1.82) is 0 Å². The van der Waals surface area contributed by atoms with Crippen molar-refractivity contribution in [2.45, 2.75) is 0 Å². The summed E-state index contributed by atoms with van der Waals surface area (Å²) in [7, 11) is 7.80. The minimum absolute atomic E-state index is 0.348. The molecule has 0 amide bonds. The lowest BCUT2D eigenvalue weighted by Crippen LogP contribution is -2.38. The average Bonchev–Trinajstić information content (AvgIpc) is 3.13. The number of likely N-dealkylation sites (N-methyl/N-ethyl adjacent to an activating group) is 1. The van der Waals surface area contributed by atoms with Gasteiger partial charge in [0.25, 0.3) is 0 Å². The normalized spacial score (nSPS) is 11.3. The number of aromatic nitrogens is 2. The fourth-order valence-electron chi connectivity index (χ4n) is 2.69. The van der Waals surface area contributed by atoms with E-state index in [1.54, 1.807) is 18.0 Å². The number of esters is 1. The van der Waals surface area contributed by atoms with Crippen molar-refractivity contribution in [3.8, 4) is 22.7 Å². The zero-order chi connectivity index (χ0) is 20.1. The zero-order valence-corrected chi connectivity index (χ0v) is 16.8. The monoisotopic (exact) mass is 380 g/mol. The molecule has 6 nitrogen and oxygen atoms in total. The first-order valence-corrected chi connectivity index (χ1v) is 9.14. The first-order chi connectivity index (χ1) is 13.4. The summed E-state index contributed by atoms with van der Waals surface area (Å²) in [5.74, 6) is 0.375. The molecular formula is C22H26N3O3+. The van der Waals surface area contributed by atoms with Gasteiger partial charge in [0.05, 0.1) is 33.9 Å². The van der Waals surface area contributed by atoms with Crippen molar-refractivity contribution < 1.29 is 18.8 Å². The molecule has 0 aliphatic carbocycles. The standard InChI is InChI=1S/C22H26N3O3/c1-25(2,3)14-15-28-22(26)20-16-24(18-8-6-5-7-9-18)23-21(20)17-10-12-19(27-4)13-11-17/h5-13,16H,14-15H2,1-4H3/q+1. The predicted molar refractivity (Wildman–Crippen MR) is 109 cm³/mol. The number of benzene rings is 2. The molecule has 0 saturated carbocycles. The van der Waals surface area contributed by atoms with Gasteiger partial charge in [-0.25, -0.2) is 9.48 Å². The molecule has 0 fully saturated rings. The van der Waals surface area contributed by atoms with E-state index in [4.69, 9.17) is 9.47 Å². The van der Waals surface area contributed by atoms with Crippen LogP contribution >= 0.6 is 0 Å². The molecule has 0 N–H and O–H groups in total. The lowest BCUT2D eigenvalue weighted by atomic mass is 10.1. The molecule has 1 heterocycles. The first-order valence-electron chi connectivity index (χ1n) is 9.14. The largest absolute Gasteiger partial charge is 0.497 e. The molecule has 2 aromatic carbocycles. The van der Waals surface area contributed by atoms with Crippen LogP contribution in [0.5, 0.6) is 5.75 Å². The quantitative estimate of drug-likeness (QED) is 0.466. The second-order valence-corrected chi connectivity index (χ2v) is 7.55. The van der Waals surface area contributed by atoms with E-state index in [-0.39, 0.29) is 5.97 Å². The molecule has 0 aliphatic heterocycles. The van der Waals surface area contributed by atoms with Crippen LogP contribution in [0.4, 0.5) is 0 Å². The van der Waals surface area contributed by atoms with Gasteiger partial charge in [-0.1, -0.05) is 18.2 Å². The van der Waals surface area contributed by atoms with Crippen LogP contribution in [0.25, 0.3) is 16.9 Å². The molecule has 0 saturated heterocycles. The Labute approximate surface area is 165 Å². The minimum atomic E-state index is -0.374. The van der Waals surface area contributed by atoms with Crippen LogP contribution in [0.15, 0.2) is 60.8 Å². The van der Waals surface area contributed by atoms with Gasteiger partial charge in [-0.15, -0.1) is 0 Å². The highest BCUT2D eigenvalue weighted by Gasteiger charge is 2.21. The molecule has 0 aliphatic rings. The second-order valence-electron chi connectivity index (χ2n) is 7.55. The Balaban J connectivity index is 1.94. The third kappa shape index (κ3) is 4.78. The first kappa shape index (κ1) is 19.6. The molecule has 0 atom stereocenters. The molecular weight excluding hydrogens is 354 g/mol. The van der Waals surface area contributed by atoms with Gasteiger partial charge in [0.1, 0.15) is 30.2 Å². The van der Waals surface area contributed by atoms with Gasteiger partial charge in [-0.3, -0.25) is 0 Å². The maximum atomic E-state index is 12.8. The summed E-state index contributed by atoms with van der Waals surface area (Å²) in [6, 6.07) is 17.2. The summed E-state index contributed by atoms with van der Waals surface area (Å²) in [5, 5.41) is 4.66. The van der Waals surface area contributed by atoms with Crippen molar-refractivity contribution in [2.24, 2.45) is 0 Å². The van der Waals surface area contributed by atoms with Gasteiger partial charge in [0, 0.05) is 11.8 Å². The van der Waals surface area contributed by atoms with Gasteiger partial charge in [-0.05, 0) is 36.4 Å². The highest BCUT2D eigenvalue weighted by Crippen LogP contribution is 2.26. The Bertz CT molecular complexity index is 926. The zero-order valence-electron chi connectivity index (χ0n) is 16.8. The smallest absolute Gasteiger partial charge is 0.342 e. The Morgan fingerprint density at radius 1 is 1.04 bits per heavy atom. The number of rotatable bonds is 7. The van der Waals surface area contributed by atoms with E-state index >= 15 is 0 Å². The van der Waals surface area contributed by atoms with Gasteiger partial charge in [0.2, 0.25) is 0 Å². The summed E-state index contributed by atoms with van der Waals surface area (Å²) in [6.07, 6.45) is 1.73. The molecule has 0 unspecified atom stereocenters. The molecule has 3 rings (SSSR count). The molecule has 6 heteroatoms. The SMILES string of the molecule is COc1ccc(-c2nn(-c3ccccc3)cc2C(=O)OCC[N+](C)(C)C)cc1. The van der Waals surface area contributed by atoms with Crippen LogP contribution in [0.1, 0.15) is 10.4 Å². The van der Waals surface area contributed by atoms with Gasteiger partial charge in [0.15, 0.2) is 0 Å². The highest BCUT2D eigenvalue weighted by molar-refractivity contribution is 5.96. The summed E-state index contributed by atoms with van der Waals surface area (Å²) in [4.78, 5) is 12.8. The third-order valence-corrected chi connectivity index (χ3v) is 4.31. The summed E-state index contributed by atoms with van der Waals surface area (Å²) in [5.41, 5.74) is 2.73. The van der Waals surface area contributed by atoms with Crippen molar-refractivity contribution in [3.63, 3.8) is 0 Å². The van der Waals surface area contributed by atoms with Crippen LogP contribution in [-0.2, 0) is 4.74 Å². The second kappa shape index (κ2) is 8.27. The molecule has 3 aromatic rings. The van der Waals surface area contributed by atoms with Crippen molar-refractivity contribution in [3.05, 3.63) is 66.4 Å². The molecule has 146 valence electrons. The number of ether oxygens (including phenoxy) is 2. The summed E-state index contributed by atoms with van der Waals surface area (Å²) < 4.78 is 13.2. The van der Waals surface area contributed by atoms with Gasteiger partial charge in [-0.2, -0.15) is 5.10 Å². The van der Waals surface area contributed by atoms with Crippen LogP contribution in [0.3, 0.4) is 0 Å². The van der Waals surface area contributed by atoms with E-state index in [1.807, 2.05) is 54.6 Å². The number of hydrogen-bond acceptors (Lipinski definition) is 4. The van der Waals surface area contributed by atoms with Crippen LogP contribution < -0.4 is 4.74 Å². The van der Waals surface area contributed by atoms with Crippen molar-refractivity contribution >= 4 is 5.97 Å². The van der Waals surface area contributed by atoms with Crippen LogP contribution in [0.2, 0.25) is 0 Å². The number of carbonyl (C=O) groups is 1. The Kier molecular flexibility index (Phi) is 5.80. The van der Waals surface area contributed by atoms with E-state index in [0.717, 1.165) is 28.0 Å². The van der Waals surface area contributed by atoms with Crippen molar-refractivity contribution in [1.82, 2.24) is 9.78 Å². The number of methoxy groups -OCH3 is 1. The van der Waals surface area contributed by atoms with E-state index in [1.165, 1.54) is 0 Å². The lowest BCUT2D eigenvalue weighted by molar-refractivity contribution is -0.870. The topological polar surface area (TPSA) is 53.4 Å². The van der Waals surface area contributed by atoms with Crippen LogP contribution in [-0.4, -0.2) is 61.6 Å². The molecule has 0 bridgehead atoms. The number of quaternary nitrogens is 1. The molecule has 28 heavy (non-hydrogen) atoms. The average molecular weight is 380 g/mol. The fourth-order valence-corrected chi connectivity index (χ4v) is 2.69. The molecule has 0 radical (unpaired) electrons. The number of para-hydroxylation sites is 1. The predicted octanol–water partition coefficient (Wildman–Crippen LogP) is 3.41. The maximum Gasteiger partial charge on any atom is 0.342 e. The fraction of sp³-hybridized carbons (Fsp3) is 0.273. The Morgan fingerprint density at radius 2 is 1.71 bits per heavy atom. The van der Waals surface area contributed by atoms with Gasteiger partial charge < -0.3 is 14.0 Å². The van der Waals surface area contributed by atoms with Crippen molar-refractivity contribution in [2.75, 3.05) is 41.4 Å². The number of hydrogen-bond donors (Lipinski definition) is 0. The molecule has 0 spiro atoms. The Morgan fingerprint density at radius 3 is 2.32 bits per heavy atom.